The van der Waals surface area contributed by atoms with Gasteiger partial charge in [0.1, 0.15) is 0 Å². The van der Waals surface area contributed by atoms with Gasteiger partial charge in [-0.3, -0.25) is 0 Å². The highest BCUT2D eigenvalue weighted by Gasteiger charge is 2.16. The lowest BCUT2D eigenvalue weighted by atomic mass is 10.1. The van der Waals surface area contributed by atoms with Gasteiger partial charge in [0.25, 0.3) is 0 Å². The van der Waals surface area contributed by atoms with E-state index in [1.54, 1.807) is 21.6 Å². The van der Waals surface area contributed by atoms with Crippen molar-refractivity contribution in [3.8, 4) is 0 Å². The molecule has 1 aliphatic heterocycles. The van der Waals surface area contributed by atoms with E-state index in [1.807, 2.05) is 22.7 Å². The summed E-state index contributed by atoms with van der Waals surface area (Å²) in [4.78, 5) is 2.75. The van der Waals surface area contributed by atoms with Crippen molar-refractivity contribution in [2.45, 2.75) is 13.8 Å². The lowest BCUT2D eigenvalue weighted by Crippen LogP contribution is -1.86. The van der Waals surface area contributed by atoms with Crippen LogP contribution in [0.25, 0.3) is 11.1 Å². The molecule has 0 aromatic carbocycles. The van der Waals surface area contributed by atoms with Gasteiger partial charge < -0.3 is 0 Å². The summed E-state index contributed by atoms with van der Waals surface area (Å²) in [6.45, 7) is 4.31. The minimum Gasteiger partial charge on any atom is -0.144 e. The Kier molecular flexibility index (Phi) is 3.71. The van der Waals surface area contributed by atoms with E-state index in [2.05, 4.69) is 47.6 Å². The minimum atomic E-state index is 1.35. The molecule has 1 aliphatic rings. The van der Waals surface area contributed by atoms with Crippen molar-refractivity contribution in [2.24, 2.45) is 0 Å². The molecule has 0 spiro atoms. The highest BCUT2D eigenvalue weighted by Crippen LogP contribution is 2.46. The van der Waals surface area contributed by atoms with Crippen LogP contribution in [0.15, 0.2) is 33.7 Å². The molecule has 2 aromatic heterocycles. The second-order valence-corrected chi connectivity index (χ2v) is 8.07. The van der Waals surface area contributed by atoms with Crippen molar-refractivity contribution in [1.82, 2.24) is 0 Å². The molecule has 0 fully saturated rings. The normalized spacial score (nSPS) is 15.4. The van der Waals surface area contributed by atoms with Crippen molar-refractivity contribution in [3.05, 3.63) is 54.6 Å². The van der Waals surface area contributed by atoms with Crippen LogP contribution in [0.4, 0.5) is 0 Å². The maximum Gasteiger partial charge on any atom is 0.0357 e. The Morgan fingerprint density at radius 1 is 0.722 bits per heavy atom. The van der Waals surface area contributed by atoms with Crippen LogP contribution in [0, 0.1) is 13.8 Å². The van der Waals surface area contributed by atoms with E-state index in [4.69, 9.17) is 0 Å². The van der Waals surface area contributed by atoms with Gasteiger partial charge in [0, 0.05) is 20.9 Å². The van der Waals surface area contributed by atoms with Crippen LogP contribution < -0.4 is 0 Å². The number of aryl methyl sites for hydroxylation is 2. The summed E-state index contributed by atoms with van der Waals surface area (Å²) < 4.78 is 0. The quantitative estimate of drug-likeness (QED) is 0.605. The molecule has 0 saturated heterocycles. The van der Waals surface area contributed by atoms with Crippen LogP contribution in [-0.2, 0) is 0 Å². The molecule has 92 valence electrons. The molecular weight excluding hydrogens is 296 g/mol. The van der Waals surface area contributed by atoms with Crippen LogP contribution >= 0.6 is 44.3 Å². The smallest absolute Gasteiger partial charge is 0.0357 e. The Bertz CT molecular complexity index is 572. The van der Waals surface area contributed by atoms with E-state index in [-0.39, 0.29) is 0 Å². The standard InChI is InChI=1S/C14H12S4/c1-9-3-13(15-5-9)11-7-17-18-8-12(11)14-4-10(2)6-16-14/h3-8H,1-2H3. The van der Waals surface area contributed by atoms with Gasteiger partial charge in [-0.05, 0) is 58.7 Å². The molecule has 0 unspecified atom stereocenters. The number of hydrogen-bond acceptors (Lipinski definition) is 4. The molecule has 0 nitrogen and oxygen atoms in total. The van der Waals surface area contributed by atoms with Crippen LogP contribution in [0.5, 0.6) is 0 Å². The van der Waals surface area contributed by atoms with E-state index < -0.39 is 0 Å². The van der Waals surface area contributed by atoms with Gasteiger partial charge in [-0.2, -0.15) is 0 Å². The SMILES string of the molecule is Cc1csc(C2=CSSC=C2c2cc(C)cs2)c1. The zero-order valence-electron chi connectivity index (χ0n) is 10.1. The van der Waals surface area contributed by atoms with Crippen molar-refractivity contribution >= 4 is 55.4 Å². The highest BCUT2D eigenvalue weighted by molar-refractivity contribution is 8.79. The first kappa shape index (κ1) is 12.6. The third kappa shape index (κ3) is 2.48. The minimum absolute atomic E-state index is 1.35. The monoisotopic (exact) mass is 308 g/mol. The summed E-state index contributed by atoms with van der Waals surface area (Å²) in [5.74, 6) is 0. The van der Waals surface area contributed by atoms with Gasteiger partial charge in [0.05, 0.1) is 0 Å². The van der Waals surface area contributed by atoms with E-state index in [0.717, 1.165) is 0 Å². The van der Waals surface area contributed by atoms with Crippen LogP contribution in [0.1, 0.15) is 20.9 Å². The zero-order valence-corrected chi connectivity index (χ0v) is 13.4. The summed E-state index contributed by atoms with van der Waals surface area (Å²) in [5, 5.41) is 9.00. The lowest BCUT2D eigenvalue weighted by Gasteiger charge is -2.12. The number of hydrogen-bond donors (Lipinski definition) is 0. The summed E-state index contributed by atoms with van der Waals surface area (Å²) in [6.07, 6.45) is 0. The van der Waals surface area contributed by atoms with Crippen molar-refractivity contribution < 1.29 is 0 Å². The largest absolute Gasteiger partial charge is 0.144 e. The van der Waals surface area contributed by atoms with E-state index in [9.17, 15) is 0 Å². The van der Waals surface area contributed by atoms with E-state index in [0.29, 0.717) is 0 Å². The van der Waals surface area contributed by atoms with Crippen LogP contribution in [0.2, 0.25) is 0 Å². The number of allylic oxidation sites excluding steroid dienone is 2. The fourth-order valence-electron chi connectivity index (χ4n) is 1.81. The number of rotatable bonds is 2. The summed E-state index contributed by atoms with van der Waals surface area (Å²) >= 11 is 3.67. The van der Waals surface area contributed by atoms with Gasteiger partial charge in [0.15, 0.2) is 0 Å². The molecule has 0 N–H and O–H groups in total. The van der Waals surface area contributed by atoms with Gasteiger partial charge in [-0.1, -0.05) is 21.6 Å². The Labute approximate surface area is 123 Å². The van der Waals surface area contributed by atoms with Gasteiger partial charge in [0.2, 0.25) is 0 Å². The molecule has 0 aliphatic carbocycles. The molecule has 0 saturated carbocycles. The summed E-state index contributed by atoms with van der Waals surface area (Å²) in [6, 6.07) is 4.56. The van der Waals surface area contributed by atoms with Crippen LogP contribution in [0.3, 0.4) is 0 Å². The van der Waals surface area contributed by atoms with E-state index >= 15 is 0 Å². The van der Waals surface area contributed by atoms with Gasteiger partial charge >= 0.3 is 0 Å². The molecule has 4 heteroatoms. The number of thiophene rings is 2. The predicted molar refractivity (Wildman–Crippen MR) is 89.2 cm³/mol. The Balaban J connectivity index is 2.02. The second kappa shape index (κ2) is 5.29. The fraction of sp³-hybridized carbons (Fsp3) is 0.143. The molecule has 0 atom stereocenters. The summed E-state index contributed by atoms with van der Waals surface area (Å²) in [7, 11) is 3.60. The molecule has 3 rings (SSSR count). The second-order valence-electron chi connectivity index (χ2n) is 4.23. The molecule has 0 radical (unpaired) electrons. The lowest BCUT2D eigenvalue weighted by molar-refractivity contribution is 1.54. The average molecular weight is 309 g/mol. The molecule has 2 aromatic rings. The van der Waals surface area contributed by atoms with E-state index in [1.165, 1.54) is 32.0 Å². The highest BCUT2D eigenvalue weighted by atomic mass is 33.1. The predicted octanol–water partition coefficient (Wildman–Crippen LogP) is 6.20. The molecule has 18 heavy (non-hydrogen) atoms. The third-order valence-electron chi connectivity index (χ3n) is 2.67. The molecule has 0 amide bonds. The van der Waals surface area contributed by atoms with Gasteiger partial charge in [-0.15, -0.1) is 22.7 Å². The molecule has 0 bridgehead atoms. The van der Waals surface area contributed by atoms with Gasteiger partial charge in [-0.25, -0.2) is 0 Å². The van der Waals surface area contributed by atoms with Crippen LogP contribution in [-0.4, -0.2) is 0 Å². The first-order valence-electron chi connectivity index (χ1n) is 5.58. The average Bonchev–Trinajstić information content (AvgIpc) is 2.98. The maximum absolute atomic E-state index is 2.28. The van der Waals surface area contributed by atoms with Crippen molar-refractivity contribution in [2.75, 3.05) is 0 Å². The summed E-state index contributed by atoms with van der Waals surface area (Å²) in [5.41, 5.74) is 5.44. The zero-order chi connectivity index (χ0) is 12.5. The first-order valence-corrected chi connectivity index (χ1v) is 9.61. The Morgan fingerprint density at radius 3 is 1.50 bits per heavy atom. The Morgan fingerprint density at radius 2 is 1.17 bits per heavy atom. The van der Waals surface area contributed by atoms with Crippen molar-refractivity contribution in [1.29, 1.82) is 0 Å². The third-order valence-corrected chi connectivity index (χ3v) is 6.52. The topological polar surface area (TPSA) is 0 Å². The fourth-order valence-corrected chi connectivity index (χ4v) is 5.54. The van der Waals surface area contributed by atoms with Crippen molar-refractivity contribution in [3.63, 3.8) is 0 Å². The molecule has 3 heterocycles. The Hall–Kier alpha value is -0.420. The molecular formula is C14H12S4. The maximum atomic E-state index is 2.28. The first-order chi connectivity index (χ1) is 8.74.